The summed E-state index contributed by atoms with van der Waals surface area (Å²) in [6.07, 6.45) is 1.82. The number of thioether (sulfide) groups is 1. The van der Waals surface area contributed by atoms with E-state index >= 15 is 0 Å². The molecule has 0 spiro atoms. The number of nitrogens with zero attached hydrogens (tertiary/aromatic N) is 1. The molecule has 0 N–H and O–H groups in total. The molecule has 72 valence electrons. The summed E-state index contributed by atoms with van der Waals surface area (Å²) in [6.45, 7) is 0. The van der Waals surface area contributed by atoms with Crippen molar-refractivity contribution in [3.8, 4) is 0 Å². The predicted octanol–water partition coefficient (Wildman–Crippen LogP) is 4.33. The SMILES string of the molecule is Clc1c(SCBr)cnc2ccccc12. The maximum absolute atomic E-state index is 6.24. The van der Waals surface area contributed by atoms with Crippen molar-refractivity contribution in [2.24, 2.45) is 0 Å². The molecule has 0 unspecified atom stereocenters. The molecule has 0 aliphatic carbocycles. The number of fused-ring (bicyclic) bond motifs is 1. The van der Waals surface area contributed by atoms with Crippen LogP contribution in [0.15, 0.2) is 35.4 Å². The van der Waals surface area contributed by atoms with E-state index in [0.29, 0.717) is 0 Å². The second kappa shape index (κ2) is 4.51. The molecule has 0 fully saturated rings. The van der Waals surface area contributed by atoms with Gasteiger partial charge in [-0.25, -0.2) is 0 Å². The van der Waals surface area contributed by atoms with E-state index in [4.69, 9.17) is 11.6 Å². The molecule has 0 amide bonds. The number of alkyl halides is 1. The molecule has 1 aromatic carbocycles. The summed E-state index contributed by atoms with van der Waals surface area (Å²) in [5, 5.41) is 1.81. The fourth-order valence-corrected chi connectivity index (χ4v) is 2.84. The first-order valence-corrected chi connectivity index (χ1v) is 6.53. The van der Waals surface area contributed by atoms with Crippen LogP contribution >= 0.6 is 39.3 Å². The highest BCUT2D eigenvalue weighted by atomic mass is 79.9. The molecule has 1 nitrogen and oxygen atoms in total. The molecule has 0 saturated heterocycles. The van der Waals surface area contributed by atoms with Gasteiger partial charge in [0.2, 0.25) is 0 Å². The van der Waals surface area contributed by atoms with Crippen molar-refractivity contribution in [3.63, 3.8) is 0 Å². The highest BCUT2D eigenvalue weighted by molar-refractivity contribution is 9.11. The smallest absolute Gasteiger partial charge is 0.0717 e. The first-order valence-electron chi connectivity index (χ1n) is 4.05. The molecular weight excluding hydrogens is 282 g/mol. The molecule has 2 aromatic rings. The van der Waals surface area contributed by atoms with Gasteiger partial charge in [0.25, 0.3) is 0 Å². The van der Waals surface area contributed by atoms with Crippen molar-refractivity contribution in [1.82, 2.24) is 4.98 Å². The van der Waals surface area contributed by atoms with E-state index in [1.807, 2.05) is 30.5 Å². The summed E-state index contributed by atoms with van der Waals surface area (Å²) in [5.74, 6) is 0. The lowest BCUT2D eigenvalue weighted by atomic mass is 10.2. The Labute approximate surface area is 100.0 Å². The number of para-hydroxylation sites is 1. The standard InChI is InChI=1S/C10H7BrClNS/c11-6-14-9-5-13-8-4-2-1-3-7(8)10(9)12/h1-5H,6H2. The summed E-state index contributed by atoms with van der Waals surface area (Å²) in [4.78, 5) is 5.35. The van der Waals surface area contributed by atoms with Gasteiger partial charge < -0.3 is 0 Å². The Kier molecular flexibility index (Phi) is 3.31. The lowest BCUT2D eigenvalue weighted by molar-refractivity contribution is 1.31. The van der Waals surface area contributed by atoms with Crippen molar-refractivity contribution >= 4 is 50.2 Å². The lowest BCUT2D eigenvalue weighted by Gasteiger charge is -2.04. The van der Waals surface area contributed by atoms with E-state index in [9.17, 15) is 0 Å². The van der Waals surface area contributed by atoms with Gasteiger partial charge in [0.05, 0.1) is 15.2 Å². The molecule has 0 aliphatic rings. The van der Waals surface area contributed by atoms with E-state index in [-0.39, 0.29) is 0 Å². The largest absolute Gasteiger partial charge is 0.255 e. The van der Waals surface area contributed by atoms with Gasteiger partial charge in [-0.15, -0.1) is 11.8 Å². The molecule has 0 radical (unpaired) electrons. The fraction of sp³-hybridized carbons (Fsp3) is 0.100. The molecular formula is C10H7BrClNS. The summed E-state index contributed by atoms with van der Waals surface area (Å²) >= 11 is 11.2. The van der Waals surface area contributed by atoms with Gasteiger partial charge in [0, 0.05) is 16.5 Å². The highest BCUT2D eigenvalue weighted by Crippen LogP contribution is 2.32. The van der Waals surface area contributed by atoms with Crippen molar-refractivity contribution in [2.45, 2.75) is 4.90 Å². The summed E-state index contributed by atoms with van der Waals surface area (Å²) < 4.78 is 0.826. The van der Waals surface area contributed by atoms with Crippen LogP contribution in [-0.4, -0.2) is 9.65 Å². The van der Waals surface area contributed by atoms with Crippen LogP contribution in [0, 0.1) is 0 Å². The number of hydrogen-bond acceptors (Lipinski definition) is 2. The first kappa shape index (κ1) is 10.3. The summed E-state index contributed by atoms with van der Waals surface area (Å²) in [6, 6.07) is 7.88. The highest BCUT2D eigenvalue weighted by Gasteiger charge is 2.05. The molecule has 0 atom stereocenters. The van der Waals surface area contributed by atoms with Crippen molar-refractivity contribution in [2.75, 3.05) is 4.66 Å². The zero-order valence-electron chi connectivity index (χ0n) is 7.21. The minimum absolute atomic E-state index is 0.792. The Morgan fingerprint density at radius 2 is 2.14 bits per heavy atom. The Bertz CT molecular complexity index is 461. The Hall–Kier alpha value is -0.250. The van der Waals surface area contributed by atoms with Gasteiger partial charge in [-0.1, -0.05) is 45.7 Å². The van der Waals surface area contributed by atoms with E-state index in [0.717, 1.165) is 25.5 Å². The zero-order chi connectivity index (χ0) is 9.97. The molecule has 0 aliphatic heterocycles. The van der Waals surface area contributed by atoms with Gasteiger partial charge in [-0.3, -0.25) is 4.98 Å². The number of pyridine rings is 1. The fourth-order valence-electron chi connectivity index (χ4n) is 1.25. The lowest BCUT2D eigenvalue weighted by Crippen LogP contribution is -1.82. The third kappa shape index (κ3) is 1.90. The van der Waals surface area contributed by atoms with Gasteiger partial charge in [0.1, 0.15) is 0 Å². The molecule has 1 heterocycles. The third-order valence-corrected chi connectivity index (χ3v) is 3.82. The van der Waals surface area contributed by atoms with Crippen LogP contribution in [0.2, 0.25) is 5.02 Å². The van der Waals surface area contributed by atoms with Gasteiger partial charge in [-0.2, -0.15) is 0 Å². The molecule has 14 heavy (non-hydrogen) atoms. The number of aromatic nitrogens is 1. The average molecular weight is 289 g/mol. The van der Waals surface area contributed by atoms with Crippen LogP contribution in [0.4, 0.5) is 0 Å². The van der Waals surface area contributed by atoms with Crippen LogP contribution in [-0.2, 0) is 0 Å². The summed E-state index contributed by atoms with van der Waals surface area (Å²) in [5.41, 5.74) is 0.941. The number of hydrogen-bond donors (Lipinski definition) is 0. The Balaban J connectivity index is 2.63. The van der Waals surface area contributed by atoms with Crippen LogP contribution in [0.1, 0.15) is 0 Å². The zero-order valence-corrected chi connectivity index (χ0v) is 10.4. The normalized spacial score (nSPS) is 10.7. The average Bonchev–Trinajstić information content (AvgIpc) is 2.23. The first-order chi connectivity index (χ1) is 6.83. The van der Waals surface area contributed by atoms with Gasteiger partial charge >= 0.3 is 0 Å². The monoisotopic (exact) mass is 287 g/mol. The summed E-state index contributed by atoms with van der Waals surface area (Å²) in [7, 11) is 0. The maximum atomic E-state index is 6.24. The van der Waals surface area contributed by atoms with Crippen molar-refractivity contribution in [1.29, 1.82) is 0 Å². The molecule has 2 rings (SSSR count). The molecule has 4 heteroatoms. The van der Waals surface area contributed by atoms with Crippen molar-refractivity contribution in [3.05, 3.63) is 35.5 Å². The quantitative estimate of drug-likeness (QED) is 0.602. The second-order valence-electron chi connectivity index (χ2n) is 2.71. The van der Waals surface area contributed by atoms with Crippen LogP contribution in [0.25, 0.3) is 10.9 Å². The maximum Gasteiger partial charge on any atom is 0.0717 e. The minimum Gasteiger partial charge on any atom is -0.255 e. The number of halogens is 2. The van der Waals surface area contributed by atoms with Crippen molar-refractivity contribution < 1.29 is 0 Å². The van der Waals surface area contributed by atoms with E-state index in [1.54, 1.807) is 11.8 Å². The third-order valence-electron chi connectivity index (χ3n) is 1.89. The van der Waals surface area contributed by atoms with Crippen LogP contribution in [0.3, 0.4) is 0 Å². The van der Waals surface area contributed by atoms with Gasteiger partial charge in [-0.05, 0) is 6.07 Å². The van der Waals surface area contributed by atoms with E-state index < -0.39 is 0 Å². The Morgan fingerprint density at radius 3 is 2.93 bits per heavy atom. The van der Waals surface area contributed by atoms with Crippen LogP contribution in [0.5, 0.6) is 0 Å². The predicted molar refractivity (Wildman–Crippen MR) is 66.4 cm³/mol. The minimum atomic E-state index is 0.792. The number of benzene rings is 1. The molecule has 1 aromatic heterocycles. The molecule has 0 saturated carbocycles. The van der Waals surface area contributed by atoms with E-state index in [2.05, 4.69) is 20.9 Å². The van der Waals surface area contributed by atoms with Crippen LogP contribution < -0.4 is 0 Å². The van der Waals surface area contributed by atoms with Gasteiger partial charge in [0.15, 0.2) is 0 Å². The Morgan fingerprint density at radius 1 is 1.36 bits per heavy atom. The molecule has 0 bridgehead atoms. The second-order valence-corrected chi connectivity index (χ2v) is 5.41. The number of rotatable bonds is 2. The topological polar surface area (TPSA) is 12.9 Å². The van der Waals surface area contributed by atoms with E-state index in [1.165, 1.54) is 0 Å².